The summed E-state index contributed by atoms with van der Waals surface area (Å²) >= 11 is 0. The number of aromatic nitrogens is 2. The summed E-state index contributed by atoms with van der Waals surface area (Å²) in [5.74, 6) is 2.45. The summed E-state index contributed by atoms with van der Waals surface area (Å²) in [6, 6.07) is 5.66. The molecule has 1 aromatic heterocycles. The van der Waals surface area contributed by atoms with Crippen LogP contribution < -0.4 is 15.2 Å². The fraction of sp³-hybridized carbons (Fsp3) is 0.308. The average Bonchev–Trinajstić information content (AvgIpc) is 2.86. The van der Waals surface area contributed by atoms with E-state index >= 15 is 0 Å². The fourth-order valence-corrected chi connectivity index (χ4v) is 1.85. The first-order valence-electron chi connectivity index (χ1n) is 5.75. The molecule has 0 aliphatic rings. The molecule has 5 nitrogen and oxygen atoms in total. The number of hydrogen-bond donors (Lipinski definition) is 1. The Kier molecular flexibility index (Phi) is 3.84. The summed E-state index contributed by atoms with van der Waals surface area (Å²) in [6.07, 6.45) is 4.36. The van der Waals surface area contributed by atoms with E-state index in [-0.39, 0.29) is 0 Å². The van der Waals surface area contributed by atoms with Crippen LogP contribution in [0, 0.1) is 0 Å². The number of rotatable bonds is 5. The molecule has 2 aromatic rings. The number of imidazole rings is 1. The second-order valence-corrected chi connectivity index (χ2v) is 3.79. The lowest BCUT2D eigenvalue weighted by molar-refractivity contribution is 0.401. The fourth-order valence-electron chi connectivity index (χ4n) is 1.85. The number of benzene rings is 1. The van der Waals surface area contributed by atoms with E-state index in [9.17, 15) is 0 Å². The maximum absolute atomic E-state index is 5.58. The van der Waals surface area contributed by atoms with Gasteiger partial charge in [-0.3, -0.25) is 0 Å². The van der Waals surface area contributed by atoms with E-state index in [0.29, 0.717) is 13.0 Å². The number of hydrogen-bond acceptors (Lipinski definition) is 4. The van der Waals surface area contributed by atoms with E-state index < -0.39 is 0 Å². The molecule has 18 heavy (non-hydrogen) atoms. The molecule has 0 aliphatic carbocycles. The van der Waals surface area contributed by atoms with Gasteiger partial charge in [0.15, 0.2) is 0 Å². The smallest absolute Gasteiger partial charge is 0.143 e. The molecule has 0 bridgehead atoms. The molecule has 1 heterocycles. The van der Waals surface area contributed by atoms with Crippen molar-refractivity contribution in [3.63, 3.8) is 0 Å². The van der Waals surface area contributed by atoms with Gasteiger partial charge in [0.05, 0.1) is 19.9 Å². The molecule has 0 radical (unpaired) electrons. The zero-order valence-electron chi connectivity index (χ0n) is 10.6. The normalized spacial score (nSPS) is 10.4. The standard InChI is InChI=1S/C13H17N3O2/c1-17-10-3-4-12(18-2)11(9-10)16-8-7-15-13(16)5-6-14/h3-4,7-9H,5-6,14H2,1-2H3. The Morgan fingerprint density at radius 3 is 2.78 bits per heavy atom. The van der Waals surface area contributed by atoms with Gasteiger partial charge in [-0.05, 0) is 18.7 Å². The monoisotopic (exact) mass is 247 g/mol. The first-order valence-corrected chi connectivity index (χ1v) is 5.75. The topological polar surface area (TPSA) is 62.3 Å². The lowest BCUT2D eigenvalue weighted by atomic mass is 10.2. The van der Waals surface area contributed by atoms with Crippen LogP contribution in [0.1, 0.15) is 5.82 Å². The summed E-state index contributed by atoms with van der Waals surface area (Å²) in [5, 5.41) is 0. The molecule has 0 fully saturated rings. The third kappa shape index (κ3) is 2.31. The molecule has 0 atom stereocenters. The summed E-state index contributed by atoms with van der Waals surface area (Å²) in [5.41, 5.74) is 6.48. The van der Waals surface area contributed by atoms with Gasteiger partial charge in [0.25, 0.3) is 0 Å². The van der Waals surface area contributed by atoms with Crippen LogP contribution in [0.2, 0.25) is 0 Å². The SMILES string of the molecule is COc1ccc(OC)c(-n2ccnc2CCN)c1. The average molecular weight is 247 g/mol. The molecule has 0 aliphatic heterocycles. The molecular formula is C13H17N3O2. The van der Waals surface area contributed by atoms with Crippen molar-refractivity contribution in [1.29, 1.82) is 0 Å². The number of ether oxygens (including phenoxy) is 2. The quantitative estimate of drug-likeness (QED) is 0.867. The minimum atomic E-state index is 0.559. The third-order valence-corrected chi connectivity index (χ3v) is 2.73. The summed E-state index contributed by atoms with van der Waals surface area (Å²) in [7, 11) is 3.28. The number of nitrogens with zero attached hydrogens (tertiary/aromatic N) is 2. The predicted octanol–water partition coefficient (Wildman–Crippen LogP) is 1.39. The molecule has 0 spiro atoms. The van der Waals surface area contributed by atoms with Crippen LogP contribution >= 0.6 is 0 Å². The van der Waals surface area contributed by atoms with Crippen LogP contribution in [0.5, 0.6) is 11.5 Å². The molecule has 5 heteroatoms. The maximum Gasteiger partial charge on any atom is 0.143 e. The first-order chi connectivity index (χ1) is 8.80. The van der Waals surface area contributed by atoms with Gasteiger partial charge in [0.2, 0.25) is 0 Å². The Labute approximate surface area is 106 Å². The minimum Gasteiger partial charge on any atom is -0.497 e. The zero-order chi connectivity index (χ0) is 13.0. The van der Waals surface area contributed by atoms with Crippen molar-refractivity contribution in [3.05, 3.63) is 36.4 Å². The lowest BCUT2D eigenvalue weighted by Gasteiger charge is -2.13. The van der Waals surface area contributed by atoms with Gasteiger partial charge < -0.3 is 19.8 Å². The van der Waals surface area contributed by atoms with Gasteiger partial charge in [-0.1, -0.05) is 0 Å². The van der Waals surface area contributed by atoms with Gasteiger partial charge in [-0.2, -0.15) is 0 Å². The van der Waals surface area contributed by atoms with Gasteiger partial charge in [0.1, 0.15) is 17.3 Å². The lowest BCUT2D eigenvalue weighted by Crippen LogP contribution is -2.09. The highest BCUT2D eigenvalue weighted by atomic mass is 16.5. The van der Waals surface area contributed by atoms with E-state index in [1.54, 1.807) is 20.4 Å². The Morgan fingerprint density at radius 2 is 2.11 bits per heavy atom. The summed E-state index contributed by atoms with van der Waals surface area (Å²) in [6.45, 7) is 0.559. The van der Waals surface area contributed by atoms with Gasteiger partial charge in [0, 0.05) is 24.9 Å². The Hall–Kier alpha value is -2.01. The zero-order valence-corrected chi connectivity index (χ0v) is 10.6. The van der Waals surface area contributed by atoms with Gasteiger partial charge in [-0.25, -0.2) is 4.98 Å². The number of methoxy groups -OCH3 is 2. The largest absolute Gasteiger partial charge is 0.497 e. The molecule has 0 amide bonds. The summed E-state index contributed by atoms with van der Waals surface area (Å²) in [4.78, 5) is 4.30. The number of nitrogens with two attached hydrogens (primary N) is 1. The third-order valence-electron chi connectivity index (χ3n) is 2.73. The van der Waals surface area contributed by atoms with E-state index in [1.165, 1.54) is 0 Å². The molecular weight excluding hydrogens is 230 g/mol. The van der Waals surface area contributed by atoms with Gasteiger partial charge in [-0.15, -0.1) is 0 Å². The molecule has 0 unspecified atom stereocenters. The van der Waals surface area contributed by atoms with E-state index in [1.807, 2.05) is 29.0 Å². The van der Waals surface area contributed by atoms with E-state index in [0.717, 1.165) is 23.0 Å². The molecule has 1 aromatic carbocycles. The Morgan fingerprint density at radius 1 is 1.28 bits per heavy atom. The van der Waals surface area contributed by atoms with Crippen LogP contribution in [-0.4, -0.2) is 30.3 Å². The van der Waals surface area contributed by atoms with Crippen LogP contribution in [0.4, 0.5) is 0 Å². The van der Waals surface area contributed by atoms with Crippen molar-refractivity contribution < 1.29 is 9.47 Å². The van der Waals surface area contributed by atoms with Crippen LogP contribution in [0.25, 0.3) is 5.69 Å². The molecule has 0 saturated heterocycles. The second kappa shape index (κ2) is 5.55. The van der Waals surface area contributed by atoms with Crippen molar-refractivity contribution in [2.75, 3.05) is 20.8 Å². The van der Waals surface area contributed by atoms with Crippen LogP contribution in [-0.2, 0) is 6.42 Å². The van der Waals surface area contributed by atoms with Gasteiger partial charge >= 0.3 is 0 Å². The van der Waals surface area contributed by atoms with Crippen molar-refractivity contribution in [1.82, 2.24) is 9.55 Å². The van der Waals surface area contributed by atoms with Crippen molar-refractivity contribution in [2.45, 2.75) is 6.42 Å². The highest BCUT2D eigenvalue weighted by Gasteiger charge is 2.10. The predicted molar refractivity (Wildman–Crippen MR) is 69.4 cm³/mol. The first kappa shape index (κ1) is 12.4. The Bertz CT molecular complexity index is 523. The van der Waals surface area contributed by atoms with Crippen molar-refractivity contribution in [3.8, 4) is 17.2 Å². The van der Waals surface area contributed by atoms with E-state index in [4.69, 9.17) is 15.2 Å². The minimum absolute atomic E-state index is 0.559. The highest BCUT2D eigenvalue weighted by Crippen LogP contribution is 2.28. The molecule has 0 saturated carbocycles. The molecule has 2 N–H and O–H groups in total. The summed E-state index contributed by atoms with van der Waals surface area (Å²) < 4.78 is 12.6. The molecule has 96 valence electrons. The second-order valence-electron chi connectivity index (χ2n) is 3.79. The Balaban J connectivity index is 2.50. The maximum atomic E-state index is 5.58. The molecule has 2 rings (SSSR count). The van der Waals surface area contributed by atoms with Crippen molar-refractivity contribution in [2.24, 2.45) is 5.73 Å². The van der Waals surface area contributed by atoms with Crippen LogP contribution in [0.3, 0.4) is 0 Å². The van der Waals surface area contributed by atoms with E-state index in [2.05, 4.69) is 4.98 Å². The van der Waals surface area contributed by atoms with Crippen LogP contribution in [0.15, 0.2) is 30.6 Å². The van der Waals surface area contributed by atoms with Crippen molar-refractivity contribution >= 4 is 0 Å². The highest BCUT2D eigenvalue weighted by molar-refractivity contribution is 5.51.